The van der Waals surface area contributed by atoms with Crippen molar-refractivity contribution in [3.63, 3.8) is 0 Å². The van der Waals surface area contributed by atoms with Crippen molar-refractivity contribution in [1.82, 2.24) is 19.4 Å². The van der Waals surface area contributed by atoms with E-state index in [2.05, 4.69) is 30.7 Å². The molecule has 27 heavy (non-hydrogen) atoms. The Labute approximate surface area is 169 Å². The number of carbonyl (C=O) groups is 1. The highest BCUT2D eigenvalue weighted by Gasteiger charge is 2.35. The first-order chi connectivity index (χ1) is 12.9. The number of quaternary nitrogens is 1. The van der Waals surface area contributed by atoms with E-state index in [9.17, 15) is 4.79 Å². The van der Waals surface area contributed by atoms with Crippen LogP contribution in [0, 0.1) is 12.8 Å². The van der Waals surface area contributed by atoms with Crippen molar-refractivity contribution in [2.45, 2.75) is 47.1 Å². The number of aromatic nitrogens is 3. The van der Waals surface area contributed by atoms with Crippen LogP contribution in [0.15, 0.2) is 17.5 Å². The summed E-state index contributed by atoms with van der Waals surface area (Å²) in [4.78, 5) is 25.1. The molecular formula is C20H26ClN4OS+. The molecule has 0 aliphatic carbocycles. The van der Waals surface area contributed by atoms with Crippen molar-refractivity contribution in [3.8, 4) is 0 Å². The Balaban J connectivity index is 2.05. The van der Waals surface area contributed by atoms with Gasteiger partial charge < -0.3 is 4.98 Å². The lowest BCUT2D eigenvalue weighted by molar-refractivity contribution is -0.118. The lowest BCUT2D eigenvalue weighted by Gasteiger charge is -2.30. The molecule has 0 saturated carbocycles. The van der Waals surface area contributed by atoms with Crippen LogP contribution in [0.2, 0.25) is 5.02 Å². The zero-order chi connectivity index (χ0) is 19.6. The lowest BCUT2D eigenvalue weighted by atomic mass is 10.1. The number of benzene rings is 1. The zero-order valence-electron chi connectivity index (χ0n) is 16.3. The minimum absolute atomic E-state index is 0.138. The van der Waals surface area contributed by atoms with Gasteiger partial charge in [0.25, 0.3) is 0 Å². The van der Waals surface area contributed by atoms with Gasteiger partial charge in [-0.15, -0.1) is 11.3 Å². The van der Waals surface area contributed by atoms with Gasteiger partial charge in [-0.25, -0.2) is 14.3 Å². The summed E-state index contributed by atoms with van der Waals surface area (Å²) < 4.78 is 0.138. The molecule has 0 spiro atoms. The number of hydrogen-bond donors (Lipinski definition) is 1. The first kappa shape index (κ1) is 20.0. The van der Waals surface area contributed by atoms with E-state index < -0.39 is 0 Å². The average Bonchev–Trinajstić information content (AvgIpc) is 3.20. The Morgan fingerprint density at radius 2 is 2.11 bits per heavy atom. The van der Waals surface area contributed by atoms with E-state index in [1.165, 1.54) is 0 Å². The number of aryl methyl sites for hydroxylation is 2. The molecule has 5 nitrogen and oxygen atoms in total. The quantitative estimate of drug-likeness (QED) is 0.411. The largest absolute Gasteiger partial charge is 0.337 e. The van der Waals surface area contributed by atoms with Crippen molar-refractivity contribution in [3.05, 3.63) is 38.9 Å². The minimum atomic E-state index is 0.138. The van der Waals surface area contributed by atoms with E-state index in [0.29, 0.717) is 24.0 Å². The maximum absolute atomic E-state index is 12.3. The van der Waals surface area contributed by atoms with E-state index in [4.69, 9.17) is 16.6 Å². The Bertz CT molecular complexity index is 949. The van der Waals surface area contributed by atoms with E-state index in [1.807, 2.05) is 24.4 Å². The van der Waals surface area contributed by atoms with Gasteiger partial charge in [0.05, 0.1) is 28.0 Å². The maximum atomic E-state index is 12.3. The predicted octanol–water partition coefficient (Wildman–Crippen LogP) is 5.25. The van der Waals surface area contributed by atoms with Crippen molar-refractivity contribution in [2.75, 3.05) is 6.54 Å². The Hall–Kier alpha value is -1.76. The lowest BCUT2D eigenvalue weighted by Crippen LogP contribution is -2.50. The monoisotopic (exact) mass is 405 g/mol. The zero-order valence-corrected chi connectivity index (χ0v) is 17.8. The van der Waals surface area contributed by atoms with Crippen LogP contribution in [0.25, 0.3) is 11.0 Å². The molecule has 0 bridgehead atoms. The van der Waals surface area contributed by atoms with Crippen LogP contribution in [0.5, 0.6) is 0 Å². The molecule has 2 heterocycles. The van der Waals surface area contributed by atoms with Crippen LogP contribution < -0.4 is 4.48 Å². The van der Waals surface area contributed by atoms with Gasteiger partial charge in [0.2, 0.25) is 5.82 Å². The molecule has 2 aromatic heterocycles. The number of amides is 1. The molecule has 1 unspecified atom stereocenters. The Kier molecular flexibility index (Phi) is 5.99. The standard InChI is InChI=1S/C20H26ClN4OS/c1-5-6-15-7-16(21)8-17-20(15)24-18(23-17)10-25(12-26,9-13(2)3)19-11-27-14(4)22-19/h7-8,11-13H,5-6,9-10H2,1-4H3,(H,23,24)/q+1. The van der Waals surface area contributed by atoms with Crippen molar-refractivity contribution in [2.24, 2.45) is 5.92 Å². The fourth-order valence-corrected chi connectivity index (χ4v) is 4.51. The Morgan fingerprint density at radius 1 is 1.33 bits per heavy atom. The third-order valence-electron chi connectivity index (χ3n) is 4.59. The summed E-state index contributed by atoms with van der Waals surface area (Å²) in [5, 5.41) is 3.64. The van der Waals surface area contributed by atoms with Gasteiger partial charge in [0, 0.05) is 10.9 Å². The van der Waals surface area contributed by atoms with E-state index in [-0.39, 0.29) is 4.48 Å². The number of rotatable bonds is 8. The normalized spacial score (nSPS) is 14.0. The molecule has 0 saturated heterocycles. The van der Waals surface area contributed by atoms with Gasteiger partial charge in [-0.1, -0.05) is 38.8 Å². The summed E-state index contributed by atoms with van der Waals surface area (Å²) >= 11 is 7.85. The number of nitrogens with one attached hydrogen (secondary N) is 1. The molecule has 3 aromatic rings. The summed E-state index contributed by atoms with van der Waals surface area (Å²) in [7, 11) is 0. The number of hydrogen-bond acceptors (Lipinski definition) is 4. The number of imidazole rings is 1. The van der Waals surface area contributed by atoms with E-state index >= 15 is 0 Å². The summed E-state index contributed by atoms with van der Waals surface area (Å²) in [6, 6.07) is 3.88. The van der Waals surface area contributed by atoms with Crippen LogP contribution in [0.4, 0.5) is 5.82 Å². The van der Waals surface area contributed by atoms with Crippen LogP contribution in [-0.2, 0) is 17.8 Å². The van der Waals surface area contributed by atoms with Gasteiger partial charge in [-0.3, -0.25) is 0 Å². The molecule has 1 amide bonds. The molecule has 3 rings (SSSR count). The molecule has 7 heteroatoms. The minimum Gasteiger partial charge on any atom is -0.337 e. The number of H-pyrrole nitrogens is 1. The van der Waals surface area contributed by atoms with Crippen molar-refractivity contribution >= 4 is 46.2 Å². The second-order valence-corrected chi connectivity index (χ2v) is 8.99. The van der Waals surface area contributed by atoms with Crippen molar-refractivity contribution in [1.29, 1.82) is 0 Å². The number of thiazole rings is 1. The molecule has 144 valence electrons. The van der Waals surface area contributed by atoms with E-state index in [0.717, 1.165) is 52.5 Å². The van der Waals surface area contributed by atoms with Crippen molar-refractivity contribution < 1.29 is 4.79 Å². The summed E-state index contributed by atoms with van der Waals surface area (Å²) in [5.74, 6) is 1.91. The second-order valence-electron chi connectivity index (χ2n) is 7.49. The highest BCUT2D eigenvalue weighted by Crippen LogP contribution is 2.29. The fourth-order valence-electron chi connectivity index (χ4n) is 3.58. The number of halogens is 1. The predicted molar refractivity (Wildman–Crippen MR) is 113 cm³/mol. The molecule has 1 atom stereocenters. The highest BCUT2D eigenvalue weighted by atomic mass is 35.5. The topological polar surface area (TPSA) is 58.6 Å². The second kappa shape index (κ2) is 8.09. The van der Waals surface area contributed by atoms with Gasteiger partial charge in [0.1, 0.15) is 0 Å². The summed E-state index contributed by atoms with van der Waals surface area (Å²) in [5.41, 5.74) is 3.00. The Morgan fingerprint density at radius 3 is 2.70 bits per heavy atom. The molecule has 1 aromatic carbocycles. The molecule has 0 aliphatic rings. The summed E-state index contributed by atoms with van der Waals surface area (Å²) in [6.45, 7) is 9.46. The van der Waals surface area contributed by atoms with Crippen LogP contribution in [0.3, 0.4) is 0 Å². The molecular weight excluding hydrogens is 380 g/mol. The molecule has 0 radical (unpaired) electrons. The number of carbonyl (C=O) groups excluding carboxylic acids is 1. The van der Waals surface area contributed by atoms with Gasteiger partial charge >= 0.3 is 6.41 Å². The first-order valence-electron chi connectivity index (χ1n) is 9.29. The molecule has 0 fully saturated rings. The summed E-state index contributed by atoms with van der Waals surface area (Å²) in [6.07, 6.45) is 2.95. The van der Waals surface area contributed by atoms with Gasteiger partial charge in [-0.05, 0) is 31.0 Å². The highest BCUT2D eigenvalue weighted by molar-refractivity contribution is 7.09. The number of nitrogens with zero attached hydrogens (tertiary/aromatic N) is 3. The average molecular weight is 406 g/mol. The molecule has 1 N–H and O–H groups in total. The third-order valence-corrected chi connectivity index (χ3v) is 5.57. The van der Waals surface area contributed by atoms with Gasteiger partial charge in [0.15, 0.2) is 12.4 Å². The van der Waals surface area contributed by atoms with E-state index in [1.54, 1.807) is 11.3 Å². The first-order valence-corrected chi connectivity index (χ1v) is 10.6. The maximum Gasteiger partial charge on any atom is 0.308 e. The number of fused-ring (bicyclic) bond motifs is 1. The molecule has 0 aliphatic heterocycles. The third kappa shape index (κ3) is 4.23. The SMILES string of the molecule is CCCc1cc(Cl)cc2[nH]c(C[N+](C=O)(CC(C)C)c3csc(C)n3)nc12. The smallest absolute Gasteiger partial charge is 0.308 e. The fraction of sp³-hybridized carbons (Fsp3) is 0.450. The van der Waals surface area contributed by atoms with Gasteiger partial charge in [-0.2, -0.15) is 4.98 Å². The number of aromatic amines is 1. The van der Waals surface area contributed by atoms with Crippen LogP contribution in [0.1, 0.15) is 43.6 Å². The van der Waals surface area contributed by atoms with Crippen LogP contribution in [-0.4, -0.2) is 27.9 Å². The van der Waals surface area contributed by atoms with Crippen LogP contribution >= 0.6 is 22.9 Å².